The summed E-state index contributed by atoms with van der Waals surface area (Å²) < 4.78 is 0. The smallest absolute Gasteiger partial charge is 0.0406 e. The molecule has 0 fully saturated rings. The van der Waals surface area contributed by atoms with Crippen LogP contribution >= 0.6 is 0 Å². The molecule has 0 atom stereocenters. The predicted molar refractivity (Wildman–Crippen MR) is 67.6 cm³/mol. The Morgan fingerprint density at radius 3 is 2.06 bits per heavy atom. The molecule has 1 aliphatic rings. The molecule has 16 heavy (non-hydrogen) atoms. The summed E-state index contributed by atoms with van der Waals surface area (Å²) in [6.45, 7) is 2.47. The maximum Gasteiger partial charge on any atom is 0.0406 e. The second-order valence-corrected chi connectivity index (χ2v) is 4.84. The molecule has 0 N–H and O–H groups in total. The van der Waals surface area contributed by atoms with Gasteiger partial charge in [0.05, 0.1) is 0 Å². The average Bonchev–Trinajstić information content (AvgIpc) is 2.30. The number of aryl methyl sites for hydroxylation is 2. The van der Waals surface area contributed by atoms with E-state index in [4.69, 9.17) is 4.98 Å². The van der Waals surface area contributed by atoms with Gasteiger partial charge >= 0.3 is 0 Å². The standard InChI is InChI=1S/C14H22N2/c1-16-11-4-2-7-13-9-6-10-14(15-13)8-3-5-12-16/h6,9-10H,2-5,7-8,11-12H2,1H3. The topological polar surface area (TPSA) is 16.1 Å². The van der Waals surface area contributed by atoms with Gasteiger partial charge in [0.1, 0.15) is 0 Å². The molecular formula is C14H22N2. The van der Waals surface area contributed by atoms with Gasteiger partial charge in [-0.1, -0.05) is 6.07 Å². The van der Waals surface area contributed by atoms with E-state index in [9.17, 15) is 0 Å². The van der Waals surface area contributed by atoms with Crippen LogP contribution in [-0.4, -0.2) is 30.0 Å². The number of pyridine rings is 1. The van der Waals surface area contributed by atoms with E-state index >= 15 is 0 Å². The summed E-state index contributed by atoms with van der Waals surface area (Å²) in [5.74, 6) is 0. The number of fused-ring (bicyclic) bond motifs is 2. The number of aromatic nitrogens is 1. The van der Waals surface area contributed by atoms with Gasteiger partial charge in [0.25, 0.3) is 0 Å². The van der Waals surface area contributed by atoms with E-state index < -0.39 is 0 Å². The van der Waals surface area contributed by atoms with Crippen molar-refractivity contribution in [3.8, 4) is 0 Å². The third-order valence-corrected chi connectivity index (χ3v) is 3.31. The molecule has 1 aromatic rings. The fourth-order valence-corrected chi connectivity index (χ4v) is 2.30. The minimum absolute atomic E-state index is 1.14. The van der Waals surface area contributed by atoms with Crippen LogP contribution in [0.4, 0.5) is 0 Å². The van der Waals surface area contributed by atoms with Gasteiger partial charge in [0.2, 0.25) is 0 Å². The highest BCUT2D eigenvalue weighted by Crippen LogP contribution is 2.09. The second kappa shape index (κ2) is 6.00. The van der Waals surface area contributed by atoms with Crippen LogP contribution in [0.25, 0.3) is 0 Å². The Kier molecular flexibility index (Phi) is 4.34. The first-order valence-electron chi connectivity index (χ1n) is 6.48. The molecule has 0 amide bonds. The molecule has 2 heteroatoms. The van der Waals surface area contributed by atoms with Gasteiger partial charge in [-0.25, -0.2) is 0 Å². The molecular weight excluding hydrogens is 196 g/mol. The maximum atomic E-state index is 4.71. The Labute approximate surface area is 98.7 Å². The lowest BCUT2D eigenvalue weighted by atomic mass is 10.1. The van der Waals surface area contributed by atoms with Crippen LogP contribution in [0.3, 0.4) is 0 Å². The van der Waals surface area contributed by atoms with Crippen LogP contribution in [0.2, 0.25) is 0 Å². The zero-order valence-electron chi connectivity index (χ0n) is 10.3. The monoisotopic (exact) mass is 218 g/mol. The minimum atomic E-state index is 1.14. The Bertz CT molecular complexity index is 295. The Hall–Kier alpha value is -0.890. The van der Waals surface area contributed by atoms with Crippen molar-refractivity contribution in [3.05, 3.63) is 29.6 Å². The van der Waals surface area contributed by atoms with Crippen LogP contribution in [0.1, 0.15) is 37.1 Å². The van der Waals surface area contributed by atoms with E-state index in [-0.39, 0.29) is 0 Å². The summed E-state index contributed by atoms with van der Waals surface area (Å²) in [7, 11) is 2.24. The van der Waals surface area contributed by atoms with Crippen LogP contribution in [0.15, 0.2) is 18.2 Å². The van der Waals surface area contributed by atoms with E-state index in [0.717, 1.165) is 12.8 Å². The van der Waals surface area contributed by atoms with Crippen molar-refractivity contribution in [1.29, 1.82) is 0 Å². The largest absolute Gasteiger partial charge is 0.306 e. The van der Waals surface area contributed by atoms with E-state index in [1.165, 1.54) is 50.2 Å². The quantitative estimate of drug-likeness (QED) is 0.665. The summed E-state index contributed by atoms with van der Waals surface area (Å²) in [6, 6.07) is 6.49. The molecule has 2 heterocycles. The van der Waals surface area contributed by atoms with Gasteiger partial charge < -0.3 is 4.90 Å². The minimum Gasteiger partial charge on any atom is -0.306 e. The van der Waals surface area contributed by atoms with Crippen molar-refractivity contribution >= 4 is 0 Å². The third-order valence-electron chi connectivity index (χ3n) is 3.31. The Morgan fingerprint density at radius 1 is 0.938 bits per heavy atom. The number of rotatable bonds is 0. The van der Waals surface area contributed by atoms with Crippen LogP contribution in [0, 0.1) is 0 Å². The van der Waals surface area contributed by atoms with Crippen molar-refractivity contribution in [2.75, 3.05) is 20.1 Å². The lowest BCUT2D eigenvalue weighted by Gasteiger charge is -2.17. The fraction of sp³-hybridized carbons (Fsp3) is 0.643. The molecule has 0 spiro atoms. The number of hydrogen-bond acceptors (Lipinski definition) is 2. The van der Waals surface area contributed by atoms with Crippen LogP contribution in [-0.2, 0) is 12.8 Å². The SMILES string of the molecule is CN1CCCCc2cccc(n2)CCCC1. The van der Waals surface area contributed by atoms with E-state index in [2.05, 4.69) is 30.1 Å². The van der Waals surface area contributed by atoms with Gasteiger partial charge in [-0.15, -0.1) is 0 Å². The van der Waals surface area contributed by atoms with Crippen LogP contribution in [0.5, 0.6) is 0 Å². The summed E-state index contributed by atoms with van der Waals surface area (Å²) in [5, 5.41) is 0. The summed E-state index contributed by atoms with van der Waals surface area (Å²) in [5.41, 5.74) is 2.56. The molecule has 0 unspecified atom stereocenters. The molecule has 1 aliphatic heterocycles. The van der Waals surface area contributed by atoms with Crippen LogP contribution < -0.4 is 0 Å². The third kappa shape index (κ3) is 3.60. The molecule has 88 valence electrons. The first-order valence-corrected chi connectivity index (χ1v) is 6.48. The predicted octanol–water partition coefficient (Wildman–Crippen LogP) is 2.67. The molecule has 0 saturated carbocycles. The highest BCUT2D eigenvalue weighted by atomic mass is 15.1. The first kappa shape index (κ1) is 11.6. The molecule has 0 aliphatic carbocycles. The van der Waals surface area contributed by atoms with E-state index in [0.29, 0.717) is 0 Å². The summed E-state index contributed by atoms with van der Waals surface area (Å²) in [6.07, 6.45) is 7.40. The summed E-state index contributed by atoms with van der Waals surface area (Å²) >= 11 is 0. The number of nitrogens with zero attached hydrogens (tertiary/aromatic N) is 2. The van der Waals surface area contributed by atoms with Gasteiger partial charge in [0.15, 0.2) is 0 Å². The van der Waals surface area contributed by atoms with Crippen molar-refractivity contribution in [2.24, 2.45) is 0 Å². The molecule has 0 saturated heterocycles. The molecule has 1 aromatic heterocycles. The maximum absolute atomic E-state index is 4.71. The molecule has 2 nitrogen and oxygen atoms in total. The fourth-order valence-electron chi connectivity index (χ4n) is 2.30. The Balaban J connectivity index is 2.00. The zero-order valence-corrected chi connectivity index (χ0v) is 10.3. The summed E-state index contributed by atoms with van der Waals surface area (Å²) in [4.78, 5) is 7.17. The van der Waals surface area contributed by atoms with Crippen molar-refractivity contribution < 1.29 is 0 Å². The first-order chi connectivity index (χ1) is 7.84. The lowest BCUT2D eigenvalue weighted by Crippen LogP contribution is -2.21. The van der Waals surface area contributed by atoms with Gasteiger partial charge in [-0.3, -0.25) is 4.98 Å². The van der Waals surface area contributed by atoms with E-state index in [1.807, 2.05) is 0 Å². The number of hydrogen-bond donors (Lipinski definition) is 0. The molecule has 2 rings (SSSR count). The molecule has 0 aromatic carbocycles. The zero-order chi connectivity index (χ0) is 11.2. The van der Waals surface area contributed by atoms with Crippen molar-refractivity contribution in [1.82, 2.24) is 9.88 Å². The lowest BCUT2D eigenvalue weighted by molar-refractivity contribution is 0.317. The molecule has 2 bridgehead atoms. The molecule has 0 radical (unpaired) electrons. The van der Waals surface area contributed by atoms with Gasteiger partial charge in [0, 0.05) is 11.4 Å². The highest BCUT2D eigenvalue weighted by Gasteiger charge is 2.03. The Morgan fingerprint density at radius 2 is 1.50 bits per heavy atom. The highest BCUT2D eigenvalue weighted by molar-refractivity contribution is 5.11. The van der Waals surface area contributed by atoms with Crippen molar-refractivity contribution in [2.45, 2.75) is 38.5 Å². The van der Waals surface area contributed by atoms with Crippen molar-refractivity contribution in [3.63, 3.8) is 0 Å². The second-order valence-electron chi connectivity index (χ2n) is 4.84. The average molecular weight is 218 g/mol. The van der Waals surface area contributed by atoms with Gasteiger partial charge in [-0.05, 0) is 70.8 Å². The van der Waals surface area contributed by atoms with Gasteiger partial charge in [-0.2, -0.15) is 0 Å². The normalized spacial score (nSPS) is 19.8. The van der Waals surface area contributed by atoms with E-state index in [1.54, 1.807) is 0 Å².